The molecule has 30 heavy (non-hydrogen) atoms. The van der Waals surface area contributed by atoms with Crippen molar-refractivity contribution in [2.45, 2.75) is 5.22 Å². The van der Waals surface area contributed by atoms with Crippen molar-refractivity contribution in [2.24, 2.45) is 0 Å². The van der Waals surface area contributed by atoms with E-state index in [9.17, 15) is 9.18 Å². The van der Waals surface area contributed by atoms with Crippen molar-refractivity contribution in [3.05, 3.63) is 54.3 Å². The van der Waals surface area contributed by atoms with Gasteiger partial charge in [-0.3, -0.25) is 4.79 Å². The molecule has 2 aromatic carbocycles. The zero-order chi connectivity index (χ0) is 20.9. The number of piperazine rings is 1. The number of thioether (sulfide) groups is 1. The van der Waals surface area contributed by atoms with E-state index in [2.05, 4.69) is 32.4 Å². The van der Waals surface area contributed by atoms with E-state index < -0.39 is 0 Å². The van der Waals surface area contributed by atoms with Crippen LogP contribution < -0.4 is 10.2 Å². The van der Waals surface area contributed by atoms with Crippen LogP contribution in [0.1, 0.15) is 0 Å². The Morgan fingerprint density at radius 3 is 2.47 bits per heavy atom. The first-order chi connectivity index (χ1) is 14.6. The summed E-state index contributed by atoms with van der Waals surface area (Å²) in [5.41, 5.74) is 2.53. The Hall–Kier alpha value is -2.91. The molecular weight excluding hydrogens is 405 g/mol. The third-order valence-corrected chi connectivity index (χ3v) is 5.66. The predicted molar refractivity (Wildman–Crippen MR) is 115 cm³/mol. The Labute approximate surface area is 178 Å². The predicted octanol–water partition coefficient (Wildman–Crippen LogP) is 3.36. The molecule has 7 nitrogen and oxygen atoms in total. The van der Waals surface area contributed by atoms with Gasteiger partial charge >= 0.3 is 0 Å². The van der Waals surface area contributed by atoms with Crippen LogP contribution in [0.4, 0.5) is 15.8 Å². The lowest BCUT2D eigenvalue weighted by molar-refractivity contribution is -0.113. The Morgan fingerprint density at radius 2 is 1.77 bits per heavy atom. The molecule has 0 bridgehead atoms. The molecule has 0 aliphatic carbocycles. The van der Waals surface area contributed by atoms with Gasteiger partial charge in [-0.25, -0.2) is 4.39 Å². The van der Waals surface area contributed by atoms with E-state index in [1.165, 1.54) is 12.1 Å². The Morgan fingerprint density at radius 1 is 1.07 bits per heavy atom. The zero-order valence-corrected chi connectivity index (χ0v) is 17.4. The van der Waals surface area contributed by atoms with Crippen LogP contribution in [-0.2, 0) is 4.79 Å². The van der Waals surface area contributed by atoms with Gasteiger partial charge in [-0.2, -0.15) is 0 Å². The molecule has 1 aliphatic heterocycles. The molecule has 156 valence electrons. The van der Waals surface area contributed by atoms with Crippen molar-refractivity contribution in [3.8, 4) is 11.5 Å². The molecule has 0 radical (unpaired) electrons. The van der Waals surface area contributed by atoms with Gasteiger partial charge in [0.1, 0.15) is 5.82 Å². The van der Waals surface area contributed by atoms with Gasteiger partial charge in [0.2, 0.25) is 11.8 Å². The lowest BCUT2D eigenvalue weighted by Gasteiger charge is -2.34. The van der Waals surface area contributed by atoms with E-state index in [0.29, 0.717) is 5.56 Å². The number of halogens is 1. The van der Waals surface area contributed by atoms with Gasteiger partial charge < -0.3 is 19.5 Å². The Bertz CT molecular complexity index is 985. The number of nitrogens with one attached hydrogen (secondary N) is 1. The maximum absolute atomic E-state index is 13.0. The number of rotatable bonds is 6. The summed E-state index contributed by atoms with van der Waals surface area (Å²) in [6.07, 6.45) is 0. The molecule has 0 unspecified atom stereocenters. The minimum absolute atomic E-state index is 0.144. The summed E-state index contributed by atoms with van der Waals surface area (Å²) < 4.78 is 18.5. The number of carbonyl (C=O) groups is 1. The summed E-state index contributed by atoms with van der Waals surface area (Å²) in [4.78, 5) is 16.9. The summed E-state index contributed by atoms with van der Waals surface area (Å²) in [7, 11) is 2.13. The number of carbonyl (C=O) groups excluding carboxylic acids is 1. The number of nitrogens with zero attached hydrogens (tertiary/aromatic N) is 4. The van der Waals surface area contributed by atoms with Gasteiger partial charge in [-0.15, -0.1) is 10.2 Å². The van der Waals surface area contributed by atoms with Crippen LogP contribution in [0, 0.1) is 5.82 Å². The second kappa shape index (κ2) is 9.27. The summed E-state index contributed by atoms with van der Waals surface area (Å²) in [5, 5.41) is 11.0. The molecule has 1 aliphatic rings. The van der Waals surface area contributed by atoms with Crippen LogP contribution in [0.15, 0.2) is 58.2 Å². The number of benzene rings is 2. The Balaban J connectivity index is 1.27. The normalized spacial score (nSPS) is 14.7. The van der Waals surface area contributed by atoms with Crippen molar-refractivity contribution >= 4 is 29.0 Å². The quantitative estimate of drug-likeness (QED) is 0.605. The van der Waals surface area contributed by atoms with Gasteiger partial charge in [-0.05, 0) is 55.6 Å². The van der Waals surface area contributed by atoms with Crippen molar-refractivity contribution in [3.63, 3.8) is 0 Å². The lowest BCUT2D eigenvalue weighted by Crippen LogP contribution is -2.44. The first-order valence-electron chi connectivity index (χ1n) is 9.62. The number of anilines is 2. The molecule has 0 atom stereocenters. The average molecular weight is 428 g/mol. The number of likely N-dealkylation sites (N-methyl/N-ethyl adjacent to an activating group) is 1. The third kappa shape index (κ3) is 5.17. The molecule has 1 amide bonds. The van der Waals surface area contributed by atoms with Crippen LogP contribution in [0.25, 0.3) is 11.5 Å². The second-order valence-corrected chi connectivity index (χ2v) is 7.98. The molecule has 0 saturated carbocycles. The molecule has 0 spiro atoms. The minimum atomic E-state index is -0.332. The lowest BCUT2D eigenvalue weighted by atomic mass is 10.2. The van der Waals surface area contributed by atoms with E-state index in [-0.39, 0.29) is 28.6 Å². The highest BCUT2D eigenvalue weighted by Gasteiger charge is 2.15. The average Bonchev–Trinajstić information content (AvgIpc) is 3.23. The maximum atomic E-state index is 13.0. The third-order valence-electron chi connectivity index (χ3n) is 4.84. The van der Waals surface area contributed by atoms with Crippen LogP contribution >= 0.6 is 11.8 Å². The van der Waals surface area contributed by atoms with Gasteiger partial charge in [0.05, 0.1) is 5.75 Å². The monoisotopic (exact) mass is 427 g/mol. The smallest absolute Gasteiger partial charge is 0.277 e. The molecule has 1 N–H and O–H groups in total. The highest BCUT2D eigenvalue weighted by Crippen LogP contribution is 2.24. The van der Waals surface area contributed by atoms with Crippen LogP contribution in [-0.4, -0.2) is 60.0 Å². The number of amides is 1. The summed E-state index contributed by atoms with van der Waals surface area (Å²) >= 11 is 1.15. The molecule has 9 heteroatoms. The first-order valence-corrected chi connectivity index (χ1v) is 10.6. The molecule has 4 rings (SSSR count). The summed E-state index contributed by atoms with van der Waals surface area (Å²) in [6, 6.07) is 13.7. The fraction of sp³-hybridized carbons (Fsp3) is 0.286. The van der Waals surface area contributed by atoms with Crippen molar-refractivity contribution in [2.75, 3.05) is 49.2 Å². The highest BCUT2D eigenvalue weighted by atomic mass is 32.2. The number of hydrogen-bond donors (Lipinski definition) is 1. The van der Waals surface area contributed by atoms with Gasteiger partial charge in [0.25, 0.3) is 5.22 Å². The summed E-state index contributed by atoms with van der Waals surface area (Å²) in [5.74, 6) is -0.0574. The standard InChI is InChI=1S/C21H22FN5O2S/c1-26-10-12-27(13-11-26)18-8-6-17(7-9-18)23-19(28)14-30-21-25-24-20(29-21)15-2-4-16(22)5-3-15/h2-9H,10-14H2,1H3,(H,23,28). The molecule has 3 aromatic rings. The van der Waals surface area contributed by atoms with Crippen molar-refractivity contribution in [1.82, 2.24) is 15.1 Å². The molecule has 1 saturated heterocycles. The van der Waals surface area contributed by atoms with E-state index in [0.717, 1.165) is 49.3 Å². The van der Waals surface area contributed by atoms with Crippen LogP contribution in [0.2, 0.25) is 0 Å². The Kier molecular flexibility index (Phi) is 6.29. The van der Waals surface area contributed by atoms with Gasteiger partial charge in [-0.1, -0.05) is 11.8 Å². The van der Waals surface area contributed by atoms with Crippen LogP contribution in [0.5, 0.6) is 0 Å². The van der Waals surface area contributed by atoms with Crippen molar-refractivity contribution < 1.29 is 13.6 Å². The van der Waals surface area contributed by atoms with Crippen molar-refractivity contribution in [1.29, 1.82) is 0 Å². The van der Waals surface area contributed by atoms with E-state index in [1.54, 1.807) is 12.1 Å². The molecular formula is C21H22FN5O2S. The topological polar surface area (TPSA) is 74.5 Å². The maximum Gasteiger partial charge on any atom is 0.277 e. The molecule has 1 aromatic heterocycles. The van der Waals surface area contributed by atoms with Gasteiger partial charge in [0.15, 0.2) is 0 Å². The SMILES string of the molecule is CN1CCN(c2ccc(NC(=O)CSc3nnc(-c4ccc(F)cc4)o3)cc2)CC1. The minimum Gasteiger partial charge on any atom is -0.411 e. The fourth-order valence-electron chi connectivity index (χ4n) is 3.12. The van der Waals surface area contributed by atoms with Crippen LogP contribution in [0.3, 0.4) is 0 Å². The fourth-order valence-corrected chi connectivity index (χ4v) is 3.68. The summed E-state index contributed by atoms with van der Waals surface area (Å²) in [6.45, 7) is 4.11. The highest BCUT2D eigenvalue weighted by molar-refractivity contribution is 7.99. The van der Waals surface area contributed by atoms with E-state index in [1.807, 2.05) is 24.3 Å². The first kappa shape index (κ1) is 20.4. The van der Waals surface area contributed by atoms with Gasteiger partial charge in [0, 0.05) is 43.1 Å². The largest absolute Gasteiger partial charge is 0.411 e. The molecule has 2 heterocycles. The molecule has 1 fully saturated rings. The van der Waals surface area contributed by atoms with E-state index in [4.69, 9.17) is 4.42 Å². The zero-order valence-electron chi connectivity index (χ0n) is 16.5. The van der Waals surface area contributed by atoms with E-state index >= 15 is 0 Å². The number of aromatic nitrogens is 2. The second-order valence-electron chi connectivity index (χ2n) is 7.05. The number of hydrogen-bond acceptors (Lipinski definition) is 7.